The van der Waals surface area contributed by atoms with Crippen LogP contribution in [0.1, 0.15) is 10.4 Å². The first kappa shape index (κ1) is 20.1. The Labute approximate surface area is 161 Å². The van der Waals surface area contributed by atoms with Crippen molar-refractivity contribution in [1.82, 2.24) is 0 Å². The molecule has 0 amide bonds. The van der Waals surface area contributed by atoms with Gasteiger partial charge in [0.05, 0.1) is 18.6 Å². The lowest BCUT2D eigenvalue weighted by atomic mass is 9.99. The molecule has 1 aromatic carbocycles. The van der Waals surface area contributed by atoms with Gasteiger partial charge in [0.2, 0.25) is 6.29 Å². The maximum Gasteiger partial charge on any atom is 0.229 e. The average Bonchev–Trinajstić information content (AvgIpc) is 3.12. The van der Waals surface area contributed by atoms with E-state index in [1.165, 1.54) is 7.11 Å². The topological polar surface area (TPSA) is 97.6 Å². The summed E-state index contributed by atoms with van der Waals surface area (Å²) in [5, 5.41) is 31.5. The van der Waals surface area contributed by atoms with Gasteiger partial charge < -0.3 is 34.3 Å². The van der Waals surface area contributed by atoms with Gasteiger partial charge in [-0.2, -0.15) is 0 Å². The Kier molecular flexibility index (Phi) is 6.69. The van der Waals surface area contributed by atoms with Crippen LogP contribution in [0.5, 0.6) is 11.5 Å². The number of benzene rings is 1. The van der Waals surface area contributed by atoms with Crippen molar-refractivity contribution in [2.24, 2.45) is 0 Å². The van der Waals surface area contributed by atoms with E-state index < -0.39 is 37.3 Å². The first-order valence-corrected chi connectivity index (χ1v) is 9.46. The molecule has 1 saturated heterocycles. The van der Waals surface area contributed by atoms with Crippen LogP contribution in [-0.4, -0.2) is 66.9 Å². The van der Waals surface area contributed by atoms with Gasteiger partial charge in [-0.1, -0.05) is 12.1 Å². The highest BCUT2D eigenvalue weighted by Gasteiger charge is 2.46. The van der Waals surface area contributed by atoms with Crippen LogP contribution < -0.4 is 9.47 Å². The lowest BCUT2D eigenvalue weighted by Crippen LogP contribution is -2.60. The fourth-order valence-corrected chi connectivity index (χ4v) is 3.86. The summed E-state index contributed by atoms with van der Waals surface area (Å²) in [6, 6.07) is 9.60. The molecule has 1 aliphatic heterocycles. The Morgan fingerprint density at radius 2 is 1.81 bits per heavy atom. The molecular weight excluding hydrogens is 372 g/mol. The fourth-order valence-electron chi connectivity index (χ4n) is 3.02. The van der Waals surface area contributed by atoms with Gasteiger partial charge >= 0.3 is 0 Å². The van der Waals surface area contributed by atoms with E-state index in [-0.39, 0.29) is 0 Å². The zero-order valence-corrected chi connectivity index (χ0v) is 16.0. The van der Waals surface area contributed by atoms with Crippen LogP contribution >= 0.6 is 11.3 Å². The third kappa shape index (κ3) is 4.43. The molecule has 0 aliphatic carbocycles. The maximum absolute atomic E-state index is 10.2. The van der Waals surface area contributed by atoms with Crippen LogP contribution in [0.25, 0.3) is 0 Å². The molecule has 3 N–H and O–H groups in total. The van der Waals surface area contributed by atoms with Crippen molar-refractivity contribution in [1.29, 1.82) is 0 Å². The van der Waals surface area contributed by atoms with Crippen molar-refractivity contribution < 1.29 is 34.3 Å². The van der Waals surface area contributed by atoms with Gasteiger partial charge in [0.25, 0.3) is 0 Å². The van der Waals surface area contributed by atoms with Gasteiger partial charge in [-0.05, 0) is 29.1 Å². The Morgan fingerprint density at radius 1 is 1.07 bits per heavy atom. The van der Waals surface area contributed by atoms with Gasteiger partial charge in [0.1, 0.15) is 35.9 Å². The van der Waals surface area contributed by atoms with E-state index in [2.05, 4.69) is 0 Å². The molecular formula is C19H24O7S. The first-order chi connectivity index (χ1) is 13.1. The molecule has 1 aliphatic rings. The van der Waals surface area contributed by atoms with Crippen LogP contribution in [0.15, 0.2) is 35.7 Å². The summed E-state index contributed by atoms with van der Waals surface area (Å²) in [6.45, 7) is -0.434. The first-order valence-electron chi connectivity index (χ1n) is 8.58. The lowest BCUT2D eigenvalue weighted by molar-refractivity contribution is -0.282. The molecule has 0 spiro atoms. The molecule has 5 atom stereocenters. The SMILES string of the molecule is COc1ccc(Cc2sccc2OC2OC(CO)C(O)C(O)C2OC)cc1. The molecule has 7 nitrogen and oxygen atoms in total. The minimum absolute atomic E-state index is 0.434. The van der Waals surface area contributed by atoms with E-state index in [0.29, 0.717) is 12.2 Å². The molecule has 0 bridgehead atoms. The molecule has 0 radical (unpaired) electrons. The summed E-state index contributed by atoms with van der Waals surface area (Å²) in [7, 11) is 3.03. The van der Waals surface area contributed by atoms with Gasteiger partial charge in [0, 0.05) is 13.5 Å². The van der Waals surface area contributed by atoms with Crippen LogP contribution in [0.3, 0.4) is 0 Å². The van der Waals surface area contributed by atoms with E-state index >= 15 is 0 Å². The van der Waals surface area contributed by atoms with Gasteiger partial charge in [-0.3, -0.25) is 0 Å². The maximum atomic E-state index is 10.2. The van der Waals surface area contributed by atoms with E-state index in [1.54, 1.807) is 18.4 Å². The normalized spacial score (nSPS) is 28.1. The van der Waals surface area contributed by atoms with Crippen LogP contribution in [0.2, 0.25) is 0 Å². The van der Waals surface area contributed by atoms with Crippen molar-refractivity contribution >= 4 is 11.3 Å². The van der Waals surface area contributed by atoms with Gasteiger partial charge in [-0.15, -0.1) is 11.3 Å². The van der Waals surface area contributed by atoms with Crippen LogP contribution in [-0.2, 0) is 15.9 Å². The number of thiophene rings is 1. The quantitative estimate of drug-likeness (QED) is 0.647. The number of rotatable bonds is 7. The minimum Gasteiger partial charge on any atom is -0.497 e. The molecule has 3 rings (SSSR count). The molecule has 148 valence electrons. The van der Waals surface area contributed by atoms with Crippen molar-refractivity contribution in [3.63, 3.8) is 0 Å². The number of aliphatic hydroxyl groups excluding tert-OH is 3. The number of methoxy groups -OCH3 is 2. The predicted octanol–water partition coefficient (Wildman–Crippen LogP) is 1.18. The van der Waals surface area contributed by atoms with Crippen molar-refractivity contribution in [3.8, 4) is 11.5 Å². The third-order valence-corrected chi connectivity index (χ3v) is 5.47. The number of ether oxygens (including phenoxy) is 4. The third-order valence-electron chi connectivity index (χ3n) is 4.57. The predicted molar refractivity (Wildman–Crippen MR) is 99.3 cm³/mol. The summed E-state index contributed by atoms with van der Waals surface area (Å²) in [6.07, 6.45) is -4.59. The summed E-state index contributed by atoms with van der Waals surface area (Å²) in [4.78, 5) is 0.986. The lowest BCUT2D eigenvalue weighted by Gasteiger charge is -2.41. The molecule has 1 fully saturated rings. The zero-order valence-electron chi connectivity index (χ0n) is 15.1. The largest absolute Gasteiger partial charge is 0.497 e. The Bertz CT molecular complexity index is 717. The van der Waals surface area contributed by atoms with E-state index in [1.807, 2.05) is 35.7 Å². The molecule has 5 unspecified atom stereocenters. The van der Waals surface area contributed by atoms with E-state index in [4.69, 9.17) is 18.9 Å². The van der Waals surface area contributed by atoms with Gasteiger partial charge in [-0.25, -0.2) is 0 Å². The van der Waals surface area contributed by atoms with Crippen molar-refractivity contribution in [3.05, 3.63) is 46.2 Å². The van der Waals surface area contributed by atoms with Crippen molar-refractivity contribution in [2.45, 2.75) is 37.1 Å². The molecule has 2 heterocycles. The molecule has 0 saturated carbocycles. The Balaban J connectivity index is 1.74. The Hall–Kier alpha value is -1.68. The average molecular weight is 396 g/mol. The summed E-state index contributed by atoms with van der Waals surface area (Å²) in [5.41, 5.74) is 1.10. The molecule has 2 aromatic rings. The van der Waals surface area contributed by atoms with E-state index in [0.717, 1.165) is 16.2 Å². The second-order valence-corrected chi connectivity index (χ2v) is 7.26. The molecule has 1 aromatic heterocycles. The summed E-state index contributed by atoms with van der Waals surface area (Å²) in [5.74, 6) is 1.41. The highest BCUT2D eigenvalue weighted by molar-refractivity contribution is 7.10. The highest BCUT2D eigenvalue weighted by atomic mass is 32.1. The standard InChI is InChI=1S/C19H24O7S/c1-23-12-5-3-11(4-6-12)9-15-13(7-8-27-15)25-19-18(24-2)17(22)16(21)14(10-20)26-19/h3-8,14,16-22H,9-10H2,1-2H3. The smallest absolute Gasteiger partial charge is 0.229 e. The summed E-state index contributed by atoms with van der Waals surface area (Å²) < 4.78 is 22.0. The van der Waals surface area contributed by atoms with Crippen LogP contribution in [0.4, 0.5) is 0 Å². The Morgan fingerprint density at radius 3 is 2.44 bits per heavy atom. The zero-order chi connectivity index (χ0) is 19.4. The van der Waals surface area contributed by atoms with E-state index in [9.17, 15) is 15.3 Å². The van der Waals surface area contributed by atoms with Gasteiger partial charge in [0.15, 0.2) is 0 Å². The van der Waals surface area contributed by atoms with Crippen LogP contribution in [0, 0.1) is 0 Å². The highest BCUT2D eigenvalue weighted by Crippen LogP contribution is 2.32. The monoisotopic (exact) mass is 396 g/mol. The number of aliphatic hydroxyl groups is 3. The summed E-state index contributed by atoms with van der Waals surface area (Å²) >= 11 is 1.55. The molecule has 27 heavy (non-hydrogen) atoms. The number of hydrogen-bond acceptors (Lipinski definition) is 8. The molecule has 8 heteroatoms. The second-order valence-electron chi connectivity index (χ2n) is 6.26. The fraction of sp³-hybridized carbons (Fsp3) is 0.474. The minimum atomic E-state index is -1.25. The van der Waals surface area contributed by atoms with Crippen molar-refractivity contribution in [2.75, 3.05) is 20.8 Å². The number of hydrogen-bond donors (Lipinski definition) is 3. The second kappa shape index (κ2) is 9.01.